The second-order valence-electron chi connectivity index (χ2n) is 3.82. The van der Waals surface area contributed by atoms with Crippen molar-refractivity contribution in [2.24, 2.45) is 5.92 Å². The van der Waals surface area contributed by atoms with E-state index in [1.165, 1.54) is 24.9 Å². The topological polar surface area (TPSA) is 17.8 Å². The van der Waals surface area contributed by atoms with Gasteiger partial charge in [-0.25, -0.2) is 0 Å². The molecule has 2 aromatic rings. The Morgan fingerprint density at radius 3 is 3.15 bits per heavy atom. The third-order valence-corrected chi connectivity index (χ3v) is 2.69. The van der Waals surface area contributed by atoms with E-state index in [4.69, 9.17) is 0 Å². The summed E-state index contributed by atoms with van der Waals surface area (Å²) in [4.78, 5) is 4.31. The lowest BCUT2D eigenvalue weighted by Gasteiger charge is -2.02. The van der Waals surface area contributed by atoms with E-state index in [0.717, 1.165) is 11.4 Å². The van der Waals surface area contributed by atoms with E-state index in [-0.39, 0.29) is 0 Å². The molecule has 0 unspecified atom stereocenters. The Morgan fingerprint density at radius 1 is 1.38 bits per heavy atom. The van der Waals surface area contributed by atoms with E-state index < -0.39 is 0 Å². The predicted octanol–water partition coefficient (Wildman–Crippen LogP) is 2.45. The highest BCUT2D eigenvalue weighted by atomic mass is 15.0. The molecule has 2 heteroatoms. The molecule has 2 nitrogen and oxygen atoms in total. The molecule has 1 aliphatic carbocycles. The smallest absolute Gasteiger partial charge is 0.0880 e. The van der Waals surface area contributed by atoms with Gasteiger partial charge < -0.3 is 4.57 Å². The summed E-state index contributed by atoms with van der Waals surface area (Å²) in [7, 11) is 0. The summed E-state index contributed by atoms with van der Waals surface area (Å²) in [6.07, 6.45) is 6.81. The van der Waals surface area contributed by atoms with Crippen molar-refractivity contribution in [2.75, 3.05) is 0 Å². The zero-order valence-corrected chi connectivity index (χ0v) is 7.48. The first kappa shape index (κ1) is 7.13. The second kappa shape index (κ2) is 2.59. The van der Waals surface area contributed by atoms with Gasteiger partial charge in [0.2, 0.25) is 0 Å². The van der Waals surface area contributed by atoms with Crippen LogP contribution in [0.3, 0.4) is 0 Å². The highest BCUT2D eigenvalue weighted by Gasteiger charge is 2.21. The molecule has 1 saturated carbocycles. The van der Waals surface area contributed by atoms with Crippen LogP contribution in [0.2, 0.25) is 0 Å². The Kier molecular flexibility index (Phi) is 1.42. The molecule has 1 fully saturated rings. The van der Waals surface area contributed by atoms with Crippen LogP contribution < -0.4 is 0 Å². The molecule has 0 amide bonds. The first-order valence-corrected chi connectivity index (χ1v) is 4.83. The van der Waals surface area contributed by atoms with Crippen molar-refractivity contribution in [1.82, 2.24) is 9.55 Å². The number of aromatic nitrogens is 2. The Labute approximate surface area is 77.2 Å². The third-order valence-electron chi connectivity index (χ3n) is 2.69. The van der Waals surface area contributed by atoms with Crippen LogP contribution in [-0.2, 0) is 6.54 Å². The van der Waals surface area contributed by atoms with Gasteiger partial charge >= 0.3 is 0 Å². The quantitative estimate of drug-likeness (QED) is 0.680. The fraction of sp³-hybridized carbons (Fsp3) is 0.364. The van der Waals surface area contributed by atoms with E-state index in [0.29, 0.717) is 0 Å². The molecule has 0 spiro atoms. The highest BCUT2D eigenvalue weighted by Crippen LogP contribution is 2.31. The van der Waals surface area contributed by atoms with Gasteiger partial charge in [0.25, 0.3) is 0 Å². The molecule has 0 aliphatic heterocycles. The third kappa shape index (κ3) is 1.22. The summed E-state index contributed by atoms with van der Waals surface area (Å²) in [5.41, 5.74) is 2.39. The maximum Gasteiger partial charge on any atom is 0.0880 e. The van der Waals surface area contributed by atoms with Gasteiger partial charge in [0.05, 0.1) is 11.0 Å². The van der Waals surface area contributed by atoms with Crippen LogP contribution in [0.4, 0.5) is 0 Å². The molecule has 0 N–H and O–H groups in total. The number of fused-ring (bicyclic) bond motifs is 1. The lowest BCUT2D eigenvalue weighted by atomic mass is 10.3. The summed E-state index contributed by atoms with van der Waals surface area (Å²) in [6, 6.07) is 6.24. The van der Waals surface area contributed by atoms with Gasteiger partial charge in [0.1, 0.15) is 0 Å². The van der Waals surface area contributed by atoms with Crippen LogP contribution in [0.15, 0.2) is 30.6 Å². The van der Waals surface area contributed by atoms with E-state index in [9.17, 15) is 0 Å². The molecule has 3 rings (SSSR count). The normalized spacial score (nSPS) is 16.6. The van der Waals surface area contributed by atoms with Crippen molar-refractivity contribution in [2.45, 2.75) is 19.4 Å². The van der Waals surface area contributed by atoms with Crippen molar-refractivity contribution < 1.29 is 0 Å². The summed E-state index contributed by atoms with van der Waals surface area (Å²) in [5, 5.41) is 0. The first-order chi connectivity index (χ1) is 6.43. The van der Waals surface area contributed by atoms with Crippen LogP contribution in [-0.4, -0.2) is 9.55 Å². The molecule has 0 bridgehead atoms. The molecule has 2 heterocycles. The van der Waals surface area contributed by atoms with E-state index >= 15 is 0 Å². The summed E-state index contributed by atoms with van der Waals surface area (Å²) >= 11 is 0. The first-order valence-electron chi connectivity index (χ1n) is 4.83. The average molecular weight is 172 g/mol. The zero-order valence-electron chi connectivity index (χ0n) is 7.48. The molecule has 2 aromatic heterocycles. The minimum absolute atomic E-state index is 0.927. The van der Waals surface area contributed by atoms with Gasteiger partial charge in [-0.05, 0) is 37.0 Å². The molecule has 0 radical (unpaired) electrons. The van der Waals surface area contributed by atoms with Gasteiger partial charge in [-0.15, -0.1) is 0 Å². The van der Waals surface area contributed by atoms with Crippen LogP contribution in [0, 0.1) is 5.92 Å². The van der Waals surface area contributed by atoms with Crippen LogP contribution in [0.25, 0.3) is 11.0 Å². The standard InChI is InChI=1S/C11H12N2/c1-2-11-10(12-6-1)5-7-13(11)8-9-3-4-9/h1-2,5-7,9H,3-4,8H2. The molecule has 0 saturated heterocycles. The number of hydrogen-bond donors (Lipinski definition) is 0. The number of pyridine rings is 1. The van der Waals surface area contributed by atoms with Crippen LogP contribution in [0.5, 0.6) is 0 Å². The van der Waals surface area contributed by atoms with Gasteiger partial charge in [0, 0.05) is 18.9 Å². The van der Waals surface area contributed by atoms with E-state index in [1.807, 2.05) is 12.3 Å². The van der Waals surface area contributed by atoms with Crippen LogP contribution in [0.1, 0.15) is 12.8 Å². The van der Waals surface area contributed by atoms with Crippen molar-refractivity contribution >= 4 is 11.0 Å². The van der Waals surface area contributed by atoms with Gasteiger partial charge in [0.15, 0.2) is 0 Å². The second-order valence-corrected chi connectivity index (χ2v) is 3.82. The molecular weight excluding hydrogens is 160 g/mol. The van der Waals surface area contributed by atoms with E-state index in [2.05, 4.69) is 27.9 Å². The minimum Gasteiger partial charge on any atom is -0.346 e. The Balaban J connectivity index is 2.06. The molecule has 0 atom stereocenters. The fourth-order valence-corrected chi connectivity index (χ4v) is 1.76. The lowest BCUT2D eigenvalue weighted by Crippen LogP contribution is -1.96. The summed E-state index contributed by atoms with van der Waals surface area (Å²) in [6.45, 7) is 1.18. The average Bonchev–Trinajstić information content (AvgIpc) is 2.88. The Hall–Kier alpha value is -1.31. The molecule has 13 heavy (non-hydrogen) atoms. The van der Waals surface area contributed by atoms with E-state index in [1.54, 1.807) is 0 Å². The predicted molar refractivity (Wildman–Crippen MR) is 52.5 cm³/mol. The Morgan fingerprint density at radius 2 is 2.31 bits per heavy atom. The monoisotopic (exact) mass is 172 g/mol. The zero-order chi connectivity index (χ0) is 8.67. The molecule has 66 valence electrons. The number of hydrogen-bond acceptors (Lipinski definition) is 1. The molecular formula is C11H12N2. The van der Waals surface area contributed by atoms with Crippen molar-refractivity contribution in [1.29, 1.82) is 0 Å². The Bertz CT molecular complexity index is 426. The maximum absolute atomic E-state index is 4.31. The van der Waals surface area contributed by atoms with Gasteiger partial charge in [-0.3, -0.25) is 4.98 Å². The van der Waals surface area contributed by atoms with Crippen LogP contribution >= 0.6 is 0 Å². The number of rotatable bonds is 2. The summed E-state index contributed by atoms with van der Waals surface area (Å²) < 4.78 is 2.32. The maximum atomic E-state index is 4.31. The largest absolute Gasteiger partial charge is 0.346 e. The lowest BCUT2D eigenvalue weighted by molar-refractivity contribution is 0.647. The van der Waals surface area contributed by atoms with Gasteiger partial charge in [-0.1, -0.05) is 0 Å². The molecule has 1 aliphatic rings. The molecule has 0 aromatic carbocycles. The van der Waals surface area contributed by atoms with Crippen molar-refractivity contribution in [3.05, 3.63) is 30.6 Å². The fourth-order valence-electron chi connectivity index (χ4n) is 1.76. The summed E-state index contributed by atoms with van der Waals surface area (Å²) in [5.74, 6) is 0.927. The van der Waals surface area contributed by atoms with Crippen molar-refractivity contribution in [3.8, 4) is 0 Å². The highest BCUT2D eigenvalue weighted by molar-refractivity contribution is 5.75. The minimum atomic E-state index is 0.927. The van der Waals surface area contributed by atoms with Gasteiger partial charge in [-0.2, -0.15) is 0 Å². The van der Waals surface area contributed by atoms with Crippen molar-refractivity contribution in [3.63, 3.8) is 0 Å². The number of nitrogens with zero attached hydrogens (tertiary/aromatic N) is 2. The SMILES string of the molecule is c1cnc2ccn(CC3CC3)c2c1.